The summed E-state index contributed by atoms with van der Waals surface area (Å²) in [6, 6.07) is 3.39. The fraction of sp³-hybridized carbons (Fsp3) is 0.519. The van der Waals surface area contributed by atoms with Crippen molar-refractivity contribution in [2.45, 2.75) is 64.7 Å². The number of likely N-dealkylation sites (N-methyl/N-ethyl adjacent to an activating group) is 1. The van der Waals surface area contributed by atoms with E-state index < -0.39 is 54.2 Å². The zero-order chi connectivity index (χ0) is 29.8. The number of carbonyl (C=O) groups excluding carboxylic acids is 6. The Kier molecular flexibility index (Phi) is 14.9. The Bertz CT molecular complexity index is 1130. The van der Waals surface area contributed by atoms with Crippen LogP contribution in [0.15, 0.2) is 24.3 Å². The summed E-state index contributed by atoms with van der Waals surface area (Å²) >= 11 is 0. The average Bonchev–Trinajstić information content (AvgIpc) is 2.91. The van der Waals surface area contributed by atoms with Gasteiger partial charge in [0.1, 0.15) is 23.9 Å². The zero-order valence-electron chi connectivity index (χ0n) is 23.7. The van der Waals surface area contributed by atoms with Crippen molar-refractivity contribution in [1.82, 2.24) is 31.5 Å². The van der Waals surface area contributed by atoms with Crippen molar-refractivity contribution in [3.63, 3.8) is 0 Å². The maximum atomic E-state index is 13.6. The first-order valence-corrected chi connectivity index (χ1v) is 13.1. The minimum atomic E-state index is -1.16. The third-order valence-corrected chi connectivity index (χ3v) is 6.43. The van der Waals surface area contributed by atoms with E-state index in [-0.39, 0.29) is 57.7 Å². The van der Waals surface area contributed by atoms with Crippen LogP contribution >= 0.6 is 0 Å². The second kappa shape index (κ2) is 17.3. The number of rotatable bonds is 8. The number of benzene rings is 1. The summed E-state index contributed by atoms with van der Waals surface area (Å²) in [6.07, 6.45) is 2.39. The van der Waals surface area contributed by atoms with Gasteiger partial charge in [0.15, 0.2) is 0 Å². The summed E-state index contributed by atoms with van der Waals surface area (Å²) in [7, 11) is 1.45. The number of nitrogens with zero attached hydrogens (tertiary/aromatic N) is 1. The monoisotopic (exact) mass is 740 g/mol. The zero-order valence-corrected chi connectivity index (χ0v) is 26.6. The van der Waals surface area contributed by atoms with Crippen LogP contribution in [0.4, 0.5) is 0 Å². The predicted molar refractivity (Wildman–Crippen MR) is 146 cm³/mol. The predicted octanol–water partition coefficient (Wildman–Crippen LogP) is -0.671. The van der Waals surface area contributed by atoms with Crippen LogP contribution in [0.5, 0.6) is 0 Å². The molecular weight excluding hydrogens is 702 g/mol. The number of nitrogens with one attached hydrogen (secondary N) is 6. The Hall–Kier alpha value is -3.60. The van der Waals surface area contributed by atoms with Gasteiger partial charge in [-0.2, -0.15) is 0 Å². The van der Waals surface area contributed by atoms with Crippen LogP contribution < -0.4 is 26.6 Å². The molecule has 0 spiro atoms. The van der Waals surface area contributed by atoms with Crippen molar-refractivity contribution in [1.29, 1.82) is 5.41 Å². The smallest absolute Gasteiger partial charge is 0.251 e. The molecular formula is C27H38N7O6W-. The van der Waals surface area contributed by atoms with Gasteiger partial charge in [0, 0.05) is 46.6 Å². The molecule has 0 aliphatic carbocycles. The molecule has 2 bridgehead atoms. The molecule has 41 heavy (non-hydrogen) atoms. The molecule has 1 heterocycles. The van der Waals surface area contributed by atoms with Crippen LogP contribution in [-0.2, 0) is 51.6 Å². The molecule has 1 aliphatic rings. The third kappa shape index (κ3) is 11.1. The molecule has 0 saturated carbocycles. The molecule has 1 aliphatic heterocycles. The van der Waals surface area contributed by atoms with Gasteiger partial charge >= 0.3 is 0 Å². The van der Waals surface area contributed by atoms with E-state index in [2.05, 4.69) is 26.6 Å². The first-order valence-electron chi connectivity index (χ1n) is 13.1. The van der Waals surface area contributed by atoms with Crippen molar-refractivity contribution in [3.8, 4) is 0 Å². The van der Waals surface area contributed by atoms with Crippen LogP contribution in [0, 0.1) is 11.3 Å². The third-order valence-electron chi connectivity index (χ3n) is 6.43. The Morgan fingerprint density at radius 1 is 1.10 bits per heavy atom. The van der Waals surface area contributed by atoms with Gasteiger partial charge in [-0.25, -0.2) is 0 Å². The molecule has 1 aromatic rings. The van der Waals surface area contributed by atoms with Crippen molar-refractivity contribution in [3.05, 3.63) is 35.4 Å². The number of ketones is 1. The molecule has 0 fully saturated rings. The summed E-state index contributed by atoms with van der Waals surface area (Å²) in [6.45, 7) is 4.71. The topological polar surface area (TPSA) is 190 Å². The molecule has 14 heteroatoms. The van der Waals surface area contributed by atoms with Crippen LogP contribution in [0.3, 0.4) is 0 Å². The molecule has 5 amide bonds. The quantitative estimate of drug-likeness (QED) is 0.0670. The van der Waals surface area contributed by atoms with Crippen molar-refractivity contribution < 1.29 is 49.8 Å². The van der Waals surface area contributed by atoms with Crippen LogP contribution in [0.25, 0.3) is 0 Å². The molecule has 0 aromatic heterocycles. The van der Waals surface area contributed by atoms with Gasteiger partial charge in [0.25, 0.3) is 5.91 Å². The molecule has 2 rings (SSSR count). The van der Waals surface area contributed by atoms with Gasteiger partial charge in [-0.3, -0.25) is 28.8 Å². The minimum absolute atomic E-state index is 0. The maximum absolute atomic E-state index is 13.6. The fourth-order valence-corrected chi connectivity index (χ4v) is 4.22. The molecule has 224 valence electrons. The van der Waals surface area contributed by atoms with Crippen molar-refractivity contribution in [2.24, 2.45) is 5.92 Å². The van der Waals surface area contributed by atoms with E-state index in [0.717, 1.165) is 0 Å². The first-order chi connectivity index (χ1) is 18.9. The summed E-state index contributed by atoms with van der Waals surface area (Å²) in [5.41, 5.74) is 0.869. The largest absolute Gasteiger partial charge is 0.551 e. The number of amides is 5. The number of Topliss-reactive ketones (excluding diaryl/α,β-unsaturated/α-hetero) is 1. The van der Waals surface area contributed by atoms with Gasteiger partial charge in [-0.15, -0.1) is 0 Å². The molecule has 3 atom stereocenters. The second-order valence-corrected chi connectivity index (χ2v) is 10.0. The Balaban J connectivity index is 0.00000840. The maximum Gasteiger partial charge on any atom is 0.251 e. The number of carbonyl (C=O) groups is 6. The molecule has 0 radical (unpaired) electrons. The van der Waals surface area contributed by atoms with Gasteiger partial charge in [-0.1, -0.05) is 26.0 Å². The molecule has 6 N–H and O–H groups in total. The summed E-state index contributed by atoms with van der Waals surface area (Å²) in [4.78, 5) is 78.3. The van der Waals surface area contributed by atoms with Crippen molar-refractivity contribution >= 4 is 41.7 Å². The summed E-state index contributed by atoms with van der Waals surface area (Å²) in [5.74, 6) is -3.49. The van der Waals surface area contributed by atoms with E-state index in [1.807, 2.05) is 6.34 Å². The van der Waals surface area contributed by atoms with E-state index >= 15 is 0 Å². The molecule has 13 nitrogen and oxygen atoms in total. The van der Waals surface area contributed by atoms with E-state index in [1.54, 1.807) is 38.1 Å². The normalized spacial score (nSPS) is 20.9. The van der Waals surface area contributed by atoms with Gasteiger partial charge < -0.3 is 43.2 Å². The van der Waals surface area contributed by atoms with Crippen LogP contribution in [0.1, 0.15) is 56.0 Å². The average molecular weight is 740 g/mol. The SMILES string of the molecule is CC(=O)C[C@@H]1NC(=O)CNC(=O)[C@H](CCCN[C-]=N)N(C)C(=O)C(C(C)C)NC(=O)c2cccc(c2)CNC1=O.[W]. The second-order valence-electron chi connectivity index (χ2n) is 10.0. The van der Waals surface area contributed by atoms with E-state index in [4.69, 9.17) is 5.41 Å². The molecule has 1 unspecified atom stereocenters. The minimum Gasteiger partial charge on any atom is -0.551 e. The Morgan fingerprint density at radius 3 is 2.41 bits per heavy atom. The summed E-state index contributed by atoms with van der Waals surface area (Å²) in [5, 5.41) is 20.0. The van der Waals surface area contributed by atoms with E-state index in [1.165, 1.54) is 18.9 Å². The van der Waals surface area contributed by atoms with Gasteiger partial charge in [-0.05, 0) is 49.9 Å². The fourth-order valence-electron chi connectivity index (χ4n) is 4.22. The van der Waals surface area contributed by atoms with E-state index in [0.29, 0.717) is 18.5 Å². The van der Waals surface area contributed by atoms with Gasteiger partial charge in [0.05, 0.1) is 6.54 Å². The van der Waals surface area contributed by atoms with Crippen LogP contribution in [-0.4, -0.2) is 84.8 Å². The van der Waals surface area contributed by atoms with Crippen LogP contribution in [0.2, 0.25) is 0 Å². The summed E-state index contributed by atoms with van der Waals surface area (Å²) < 4.78 is 0. The number of hydrogen-bond donors (Lipinski definition) is 6. The number of fused-ring (bicyclic) bond motifs is 2. The molecule has 0 saturated heterocycles. The number of hydrogen-bond acceptors (Lipinski definition) is 7. The molecule has 1 aromatic carbocycles. The standard InChI is InChI=1S/C27H38N7O6.W/c1-16(2)23-27(40)34(4)21(9-6-10-29-15-28)26(39)31-14-22(36)32-20(11-17(3)35)25(38)30-13-18-7-5-8-19(12-18)24(37)33-23;/h5,7-8,12,16,20-21,23H,6,9-11,13-14H2,1-4H3,(H2,28,29)(H,30,38)(H,31,39)(H,32,36)(H,33,37);/q-1;/t20-,21-,23?;/m0./s1. The van der Waals surface area contributed by atoms with E-state index in [9.17, 15) is 28.8 Å². The Labute approximate surface area is 254 Å². The van der Waals surface area contributed by atoms with Gasteiger partial charge in [0.2, 0.25) is 23.6 Å². The van der Waals surface area contributed by atoms with Crippen molar-refractivity contribution in [2.75, 3.05) is 20.1 Å². The first kappa shape index (κ1) is 35.4. The Morgan fingerprint density at radius 2 is 1.78 bits per heavy atom.